The average molecular weight is 406 g/mol. The topological polar surface area (TPSA) is 67.4 Å². The molecule has 0 saturated carbocycles. The summed E-state index contributed by atoms with van der Waals surface area (Å²) in [7, 11) is 0. The lowest BCUT2D eigenvalue weighted by atomic mass is 10.0. The maximum atomic E-state index is 13.3. The van der Waals surface area contributed by atoms with Crippen molar-refractivity contribution in [1.29, 1.82) is 0 Å². The van der Waals surface area contributed by atoms with Gasteiger partial charge in [-0.3, -0.25) is 9.59 Å². The van der Waals surface area contributed by atoms with Gasteiger partial charge in [-0.1, -0.05) is 48.5 Å². The van der Waals surface area contributed by atoms with Gasteiger partial charge in [0.2, 0.25) is 11.8 Å². The highest BCUT2D eigenvalue weighted by molar-refractivity contribution is 5.91. The zero-order chi connectivity index (χ0) is 21.3. The van der Waals surface area contributed by atoms with Gasteiger partial charge in [-0.25, -0.2) is 4.39 Å². The molecule has 3 rings (SSSR count). The summed E-state index contributed by atoms with van der Waals surface area (Å²) in [6, 6.07) is 22.1. The first kappa shape index (κ1) is 21.0. The van der Waals surface area contributed by atoms with Crippen LogP contribution in [0, 0.1) is 5.82 Å². The van der Waals surface area contributed by atoms with E-state index in [-0.39, 0.29) is 30.7 Å². The van der Waals surface area contributed by atoms with Gasteiger partial charge in [0, 0.05) is 18.7 Å². The van der Waals surface area contributed by atoms with Crippen LogP contribution in [0.4, 0.5) is 10.1 Å². The van der Waals surface area contributed by atoms with E-state index in [4.69, 9.17) is 4.74 Å². The Morgan fingerprint density at radius 1 is 0.967 bits per heavy atom. The second-order valence-electron chi connectivity index (χ2n) is 6.86. The minimum atomic E-state index is -0.414. The molecular weight excluding hydrogens is 383 g/mol. The molecule has 0 fully saturated rings. The molecule has 0 aliphatic carbocycles. The fourth-order valence-electron chi connectivity index (χ4n) is 3.04. The lowest BCUT2D eigenvalue weighted by Crippen LogP contribution is -2.29. The molecule has 0 aromatic heterocycles. The van der Waals surface area contributed by atoms with Gasteiger partial charge in [0.1, 0.15) is 18.2 Å². The van der Waals surface area contributed by atoms with E-state index in [9.17, 15) is 14.0 Å². The van der Waals surface area contributed by atoms with Crippen LogP contribution in [0.25, 0.3) is 0 Å². The van der Waals surface area contributed by atoms with Gasteiger partial charge in [-0.15, -0.1) is 0 Å². The summed E-state index contributed by atoms with van der Waals surface area (Å²) >= 11 is 0. The van der Waals surface area contributed by atoms with Crippen molar-refractivity contribution in [2.45, 2.75) is 26.0 Å². The third kappa shape index (κ3) is 6.44. The van der Waals surface area contributed by atoms with Crippen LogP contribution >= 0.6 is 0 Å². The molecule has 3 aromatic carbocycles. The molecule has 2 N–H and O–H groups in total. The van der Waals surface area contributed by atoms with Crippen molar-refractivity contribution < 1.29 is 18.7 Å². The summed E-state index contributed by atoms with van der Waals surface area (Å²) < 4.78 is 18.9. The zero-order valence-corrected chi connectivity index (χ0v) is 16.6. The first-order chi connectivity index (χ1) is 14.5. The molecule has 0 radical (unpaired) electrons. The van der Waals surface area contributed by atoms with Gasteiger partial charge >= 0.3 is 0 Å². The summed E-state index contributed by atoms with van der Waals surface area (Å²) in [5.41, 5.74) is 2.31. The SMILES string of the molecule is CC(=O)N[C@H](CC(=O)Nc1cccc(COc2cccc(F)c2)c1)c1ccccc1. The Labute approximate surface area is 174 Å². The fraction of sp³-hybridized carbons (Fsp3) is 0.167. The Balaban J connectivity index is 1.61. The fourth-order valence-corrected chi connectivity index (χ4v) is 3.04. The summed E-state index contributed by atoms with van der Waals surface area (Å²) in [4.78, 5) is 24.1. The normalized spacial score (nSPS) is 11.4. The van der Waals surface area contributed by atoms with Crippen LogP contribution < -0.4 is 15.4 Å². The Morgan fingerprint density at radius 3 is 2.47 bits per heavy atom. The monoisotopic (exact) mass is 406 g/mol. The molecule has 154 valence electrons. The van der Waals surface area contributed by atoms with E-state index in [1.165, 1.54) is 19.1 Å². The number of rotatable bonds is 8. The Kier molecular flexibility index (Phi) is 7.16. The number of carbonyl (C=O) groups is 2. The van der Waals surface area contributed by atoms with E-state index in [2.05, 4.69) is 10.6 Å². The molecule has 6 heteroatoms. The number of halogens is 1. The van der Waals surface area contributed by atoms with E-state index in [0.717, 1.165) is 11.1 Å². The third-order valence-electron chi connectivity index (χ3n) is 4.38. The largest absolute Gasteiger partial charge is 0.489 e. The van der Waals surface area contributed by atoms with Gasteiger partial charge in [0.05, 0.1) is 12.5 Å². The Bertz CT molecular complexity index is 1010. The minimum absolute atomic E-state index is 0.105. The molecule has 1 atom stereocenters. The number of nitrogens with one attached hydrogen (secondary N) is 2. The second-order valence-corrected chi connectivity index (χ2v) is 6.86. The van der Waals surface area contributed by atoms with E-state index >= 15 is 0 Å². The number of anilines is 1. The van der Waals surface area contributed by atoms with Crippen molar-refractivity contribution in [1.82, 2.24) is 5.32 Å². The van der Waals surface area contributed by atoms with Gasteiger partial charge in [-0.2, -0.15) is 0 Å². The standard InChI is InChI=1S/C24H23FN2O3/c1-17(28)26-23(19-8-3-2-4-9-19)15-24(29)27-21-11-5-7-18(13-21)16-30-22-12-6-10-20(25)14-22/h2-14,23H,15-16H2,1H3,(H,26,28)(H,27,29)/t23-/m1/s1. The molecule has 0 aliphatic heterocycles. The van der Waals surface area contributed by atoms with Crippen molar-refractivity contribution in [3.63, 3.8) is 0 Å². The molecule has 0 spiro atoms. The number of hydrogen-bond donors (Lipinski definition) is 2. The molecule has 30 heavy (non-hydrogen) atoms. The summed E-state index contributed by atoms with van der Waals surface area (Å²) in [6.07, 6.45) is 0.105. The zero-order valence-electron chi connectivity index (χ0n) is 16.6. The van der Waals surface area contributed by atoms with Gasteiger partial charge in [0.25, 0.3) is 0 Å². The maximum Gasteiger partial charge on any atom is 0.226 e. The van der Waals surface area contributed by atoms with Crippen LogP contribution in [0.5, 0.6) is 5.75 Å². The van der Waals surface area contributed by atoms with E-state index in [1.54, 1.807) is 24.3 Å². The highest BCUT2D eigenvalue weighted by atomic mass is 19.1. The molecule has 0 aliphatic rings. The molecule has 5 nitrogen and oxygen atoms in total. The summed E-state index contributed by atoms with van der Waals surface area (Å²) in [6.45, 7) is 1.67. The van der Waals surface area contributed by atoms with Gasteiger partial charge in [0.15, 0.2) is 0 Å². The van der Waals surface area contributed by atoms with Gasteiger partial charge in [-0.05, 0) is 35.4 Å². The highest BCUT2D eigenvalue weighted by Crippen LogP contribution is 2.19. The number of benzene rings is 3. The molecule has 0 bridgehead atoms. The van der Waals surface area contributed by atoms with Crippen molar-refractivity contribution in [2.75, 3.05) is 5.32 Å². The lowest BCUT2D eigenvalue weighted by molar-refractivity contribution is -0.120. The lowest BCUT2D eigenvalue weighted by Gasteiger charge is -2.18. The van der Waals surface area contributed by atoms with Crippen LogP contribution in [0.1, 0.15) is 30.5 Å². The summed E-state index contributed by atoms with van der Waals surface area (Å²) in [5, 5.41) is 5.67. The van der Waals surface area contributed by atoms with Crippen molar-refractivity contribution >= 4 is 17.5 Å². The number of amides is 2. The van der Waals surface area contributed by atoms with Crippen molar-refractivity contribution in [3.8, 4) is 5.75 Å². The molecular formula is C24H23FN2O3. The molecule has 2 amide bonds. The second kappa shape index (κ2) is 10.2. The van der Waals surface area contributed by atoms with Gasteiger partial charge < -0.3 is 15.4 Å². The van der Waals surface area contributed by atoms with Crippen molar-refractivity contribution in [2.24, 2.45) is 0 Å². The number of carbonyl (C=O) groups excluding carboxylic acids is 2. The molecule has 3 aromatic rings. The number of ether oxygens (including phenoxy) is 1. The van der Waals surface area contributed by atoms with E-state index in [1.807, 2.05) is 42.5 Å². The highest BCUT2D eigenvalue weighted by Gasteiger charge is 2.17. The van der Waals surface area contributed by atoms with Crippen LogP contribution in [0.3, 0.4) is 0 Å². The first-order valence-electron chi connectivity index (χ1n) is 9.59. The summed E-state index contributed by atoms with van der Waals surface area (Å²) in [5.74, 6) is -0.347. The van der Waals surface area contributed by atoms with E-state index < -0.39 is 6.04 Å². The predicted octanol–water partition coefficient (Wildman–Crippen LogP) is 4.61. The van der Waals surface area contributed by atoms with Crippen LogP contribution in [0.2, 0.25) is 0 Å². The number of hydrogen-bond acceptors (Lipinski definition) is 3. The Morgan fingerprint density at radius 2 is 1.73 bits per heavy atom. The Hall–Kier alpha value is -3.67. The first-order valence-corrected chi connectivity index (χ1v) is 9.59. The average Bonchev–Trinajstić information content (AvgIpc) is 2.72. The van der Waals surface area contributed by atoms with Crippen LogP contribution in [0.15, 0.2) is 78.9 Å². The van der Waals surface area contributed by atoms with E-state index in [0.29, 0.717) is 11.4 Å². The predicted molar refractivity (Wildman–Crippen MR) is 113 cm³/mol. The molecule has 0 heterocycles. The maximum absolute atomic E-state index is 13.3. The molecule has 0 unspecified atom stereocenters. The van der Waals surface area contributed by atoms with Crippen LogP contribution in [-0.4, -0.2) is 11.8 Å². The minimum Gasteiger partial charge on any atom is -0.489 e. The molecule has 0 saturated heterocycles. The van der Waals surface area contributed by atoms with Crippen LogP contribution in [-0.2, 0) is 16.2 Å². The quantitative estimate of drug-likeness (QED) is 0.574. The smallest absolute Gasteiger partial charge is 0.226 e. The third-order valence-corrected chi connectivity index (χ3v) is 4.38. The van der Waals surface area contributed by atoms with Crippen molar-refractivity contribution in [3.05, 3.63) is 95.8 Å².